The fraction of sp³-hybridized carbons (Fsp3) is 0.273. The van der Waals surface area contributed by atoms with Crippen molar-refractivity contribution in [1.29, 1.82) is 0 Å². The standard InChI is InChI=1S/C22H24FN5/c1-17-24-21(26-20-9-7-19(23)8-10-20)15-22(25-17)28-13-11-27(12-14-28)16-18-5-3-2-4-6-18/h2-10,15H,11-14,16H2,1H3,(H,24,25,26). The number of aromatic nitrogens is 2. The van der Waals surface area contributed by atoms with E-state index in [0.29, 0.717) is 5.82 Å². The van der Waals surface area contributed by atoms with Gasteiger partial charge in [0, 0.05) is 44.5 Å². The fourth-order valence-corrected chi connectivity index (χ4v) is 3.44. The van der Waals surface area contributed by atoms with Gasteiger partial charge in [0.05, 0.1) is 0 Å². The van der Waals surface area contributed by atoms with Crippen molar-refractivity contribution in [2.45, 2.75) is 13.5 Å². The highest BCUT2D eigenvalue weighted by molar-refractivity contribution is 5.59. The largest absolute Gasteiger partial charge is 0.354 e. The molecule has 1 saturated heterocycles. The number of nitrogens with zero attached hydrogens (tertiary/aromatic N) is 4. The molecule has 1 aliphatic heterocycles. The highest BCUT2D eigenvalue weighted by atomic mass is 19.1. The van der Waals surface area contributed by atoms with Crippen LogP contribution in [0, 0.1) is 12.7 Å². The van der Waals surface area contributed by atoms with Gasteiger partial charge >= 0.3 is 0 Å². The van der Waals surface area contributed by atoms with Gasteiger partial charge in [-0.15, -0.1) is 0 Å². The monoisotopic (exact) mass is 377 g/mol. The van der Waals surface area contributed by atoms with Crippen molar-refractivity contribution in [3.05, 3.63) is 77.9 Å². The molecule has 0 radical (unpaired) electrons. The van der Waals surface area contributed by atoms with Crippen LogP contribution in [0.3, 0.4) is 0 Å². The highest BCUT2D eigenvalue weighted by Gasteiger charge is 2.19. The summed E-state index contributed by atoms with van der Waals surface area (Å²) in [5, 5.41) is 3.24. The number of rotatable bonds is 5. The molecule has 0 unspecified atom stereocenters. The van der Waals surface area contributed by atoms with Crippen molar-refractivity contribution < 1.29 is 4.39 Å². The topological polar surface area (TPSA) is 44.3 Å². The number of benzene rings is 2. The maximum atomic E-state index is 13.1. The Labute approximate surface area is 164 Å². The zero-order chi connectivity index (χ0) is 19.3. The maximum Gasteiger partial charge on any atom is 0.136 e. The predicted molar refractivity (Wildman–Crippen MR) is 110 cm³/mol. The minimum atomic E-state index is -0.251. The molecule has 144 valence electrons. The van der Waals surface area contributed by atoms with Crippen LogP contribution in [0.25, 0.3) is 0 Å². The third-order valence-electron chi connectivity index (χ3n) is 4.89. The van der Waals surface area contributed by atoms with Crippen molar-refractivity contribution >= 4 is 17.3 Å². The smallest absolute Gasteiger partial charge is 0.136 e. The molecule has 0 spiro atoms. The second-order valence-electron chi connectivity index (χ2n) is 7.04. The molecule has 0 saturated carbocycles. The molecular formula is C22H24FN5. The minimum Gasteiger partial charge on any atom is -0.354 e. The Morgan fingerprint density at radius 2 is 1.64 bits per heavy atom. The first-order chi connectivity index (χ1) is 13.7. The van der Waals surface area contributed by atoms with Gasteiger partial charge in [0.1, 0.15) is 23.3 Å². The molecule has 1 aliphatic rings. The van der Waals surface area contributed by atoms with Crippen molar-refractivity contribution in [1.82, 2.24) is 14.9 Å². The van der Waals surface area contributed by atoms with E-state index in [1.165, 1.54) is 17.7 Å². The lowest BCUT2D eigenvalue weighted by Crippen LogP contribution is -2.46. The molecule has 4 rings (SSSR count). The molecule has 3 aromatic rings. The van der Waals surface area contributed by atoms with Crippen LogP contribution in [-0.2, 0) is 6.54 Å². The van der Waals surface area contributed by atoms with Crippen molar-refractivity contribution in [2.75, 3.05) is 36.4 Å². The first-order valence-electron chi connectivity index (χ1n) is 9.55. The number of hydrogen-bond donors (Lipinski definition) is 1. The van der Waals surface area contributed by atoms with Crippen LogP contribution < -0.4 is 10.2 Å². The number of aryl methyl sites for hydroxylation is 1. The van der Waals surface area contributed by atoms with E-state index in [1.807, 2.05) is 13.0 Å². The Balaban J connectivity index is 1.40. The first kappa shape index (κ1) is 18.4. The van der Waals surface area contributed by atoms with E-state index in [1.54, 1.807) is 12.1 Å². The molecule has 0 atom stereocenters. The zero-order valence-corrected chi connectivity index (χ0v) is 16.0. The quantitative estimate of drug-likeness (QED) is 0.728. The van der Waals surface area contributed by atoms with E-state index in [9.17, 15) is 4.39 Å². The number of hydrogen-bond acceptors (Lipinski definition) is 5. The van der Waals surface area contributed by atoms with E-state index >= 15 is 0 Å². The van der Waals surface area contributed by atoms with Gasteiger partial charge in [-0.05, 0) is 36.8 Å². The fourth-order valence-electron chi connectivity index (χ4n) is 3.44. The van der Waals surface area contributed by atoms with E-state index in [2.05, 4.69) is 55.4 Å². The summed E-state index contributed by atoms with van der Waals surface area (Å²) in [6, 6.07) is 18.8. The van der Waals surface area contributed by atoms with Crippen molar-refractivity contribution in [3.8, 4) is 0 Å². The number of halogens is 1. The average Bonchev–Trinajstić information content (AvgIpc) is 2.71. The molecule has 28 heavy (non-hydrogen) atoms. The first-order valence-corrected chi connectivity index (χ1v) is 9.55. The Bertz CT molecular complexity index is 906. The molecule has 1 N–H and O–H groups in total. The van der Waals surface area contributed by atoms with Gasteiger partial charge in [-0.3, -0.25) is 4.90 Å². The summed E-state index contributed by atoms with van der Waals surface area (Å²) >= 11 is 0. The Hall–Kier alpha value is -2.99. The number of nitrogens with one attached hydrogen (secondary N) is 1. The SMILES string of the molecule is Cc1nc(Nc2ccc(F)cc2)cc(N2CCN(Cc3ccccc3)CC2)n1. The zero-order valence-electron chi connectivity index (χ0n) is 16.0. The summed E-state index contributed by atoms with van der Waals surface area (Å²) < 4.78 is 13.1. The van der Waals surface area contributed by atoms with Crippen LogP contribution >= 0.6 is 0 Å². The Morgan fingerprint density at radius 1 is 0.929 bits per heavy atom. The van der Waals surface area contributed by atoms with Crippen LogP contribution in [0.5, 0.6) is 0 Å². The third-order valence-corrected chi connectivity index (χ3v) is 4.89. The Kier molecular flexibility index (Phi) is 5.48. The summed E-state index contributed by atoms with van der Waals surface area (Å²) in [5.41, 5.74) is 2.15. The second-order valence-corrected chi connectivity index (χ2v) is 7.04. The third kappa shape index (κ3) is 4.64. The molecule has 1 fully saturated rings. The summed E-state index contributed by atoms with van der Waals surface area (Å²) in [6.45, 7) is 6.73. The molecule has 2 aromatic carbocycles. The lowest BCUT2D eigenvalue weighted by atomic mass is 10.2. The molecule has 6 heteroatoms. The average molecular weight is 377 g/mol. The van der Waals surface area contributed by atoms with Crippen LogP contribution in [0.15, 0.2) is 60.7 Å². The maximum absolute atomic E-state index is 13.1. The normalized spacial score (nSPS) is 14.9. The molecular weight excluding hydrogens is 353 g/mol. The summed E-state index contributed by atoms with van der Waals surface area (Å²) in [4.78, 5) is 13.9. The molecule has 0 bridgehead atoms. The second kappa shape index (κ2) is 8.35. The Morgan fingerprint density at radius 3 is 2.36 bits per heavy atom. The van der Waals surface area contributed by atoms with E-state index in [-0.39, 0.29) is 5.82 Å². The van der Waals surface area contributed by atoms with Crippen LogP contribution in [0.1, 0.15) is 11.4 Å². The lowest BCUT2D eigenvalue weighted by Gasteiger charge is -2.35. The van der Waals surface area contributed by atoms with E-state index < -0.39 is 0 Å². The van der Waals surface area contributed by atoms with Gasteiger partial charge in [-0.1, -0.05) is 30.3 Å². The number of piperazine rings is 1. The predicted octanol–water partition coefficient (Wildman–Crippen LogP) is 3.99. The van der Waals surface area contributed by atoms with E-state index in [0.717, 1.165) is 50.0 Å². The van der Waals surface area contributed by atoms with Crippen LogP contribution in [-0.4, -0.2) is 41.0 Å². The van der Waals surface area contributed by atoms with Gasteiger partial charge < -0.3 is 10.2 Å². The van der Waals surface area contributed by atoms with Gasteiger partial charge in [-0.2, -0.15) is 0 Å². The van der Waals surface area contributed by atoms with Gasteiger partial charge in [-0.25, -0.2) is 14.4 Å². The molecule has 0 amide bonds. The van der Waals surface area contributed by atoms with Gasteiger partial charge in [0.2, 0.25) is 0 Å². The molecule has 1 aromatic heterocycles. The molecule has 2 heterocycles. The molecule has 5 nitrogen and oxygen atoms in total. The van der Waals surface area contributed by atoms with Crippen LogP contribution in [0.4, 0.5) is 21.7 Å². The summed E-state index contributed by atoms with van der Waals surface area (Å²) in [6.07, 6.45) is 0. The molecule has 0 aliphatic carbocycles. The van der Waals surface area contributed by atoms with Crippen molar-refractivity contribution in [3.63, 3.8) is 0 Å². The summed E-state index contributed by atoms with van der Waals surface area (Å²) in [5.74, 6) is 2.12. The van der Waals surface area contributed by atoms with Gasteiger partial charge in [0.15, 0.2) is 0 Å². The minimum absolute atomic E-state index is 0.251. The lowest BCUT2D eigenvalue weighted by molar-refractivity contribution is 0.249. The summed E-state index contributed by atoms with van der Waals surface area (Å²) in [7, 11) is 0. The van der Waals surface area contributed by atoms with Crippen LogP contribution in [0.2, 0.25) is 0 Å². The van der Waals surface area contributed by atoms with E-state index in [4.69, 9.17) is 0 Å². The highest BCUT2D eigenvalue weighted by Crippen LogP contribution is 2.21. The van der Waals surface area contributed by atoms with Crippen molar-refractivity contribution in [2.24, 2.45) is 0 Å². The van der Waals surface area contributed by atoms with Gasteiger partial charge in [0.25, 0.3) is 0 Å². The number of anilines is 3.